The molecule has 0 saturated heterocycles. The van der Waals surface area contributed by atoms with E-state index >= 15 is 0 Å². The molecule has 0 aliphatic heterocycles. The van der Waals surface area contributed by atoms with Crippen LogP contribution >= 0.6 is 0 Å². The van der Waals surface area contributed by atoms with Crippen molar-refractivity contribution in [2.45, 2.75) is 13.3 Å². The van der Waals surface area contributed by atoms with Crippen LogP contribution in [0.3, 0.4) is 0 Å². The molecule has 0 N–H and O–H groups in total. The quantitative estimate of drug-likeness (QED) is 0.548. The molecule has 0 aromatic heterocycles. The van der Waals surface area contributed by atoms with Gasteiger partial charge in [-0.2, -0.15) is 0 Å². The van der Waals surface area contributed by atoms with E-state index in [4.69, 9.17) is 9.47 Å². The van der Waals surface area contributed by atoms with Crippen molar-refractivity contribution in [3.05, 3.63) is 29.8 Å². The molecule has 1 aromatic rings. The first-order chi connectivity index (χ1) is 8.58. The van der Waals surface area contributed by atoms with Crippen LogP contribution in [0.25, 0.3) is 0 Å². The molecule has 0 spiro atoms. The highest BCUT2D eigenvalue weighted by Crippen LogP contribution is 2.12. The van der Waals surface area contributed by atoms with E-state index in [0.717, 1.165) is 18.5 Å². The lowest BCUT2D eigenvalue weighted by atomic mass is 10.2. The fourth-order valence-electron chi connectivity index (χ4n) is 1.46. The maximum absolute atomic E-state index is 11.4. The number of hydrogen-bond acceptors (Lipinski definition) is 4. The van der Waals surface area contributed by atoms with Gasteiger partial charge in [-0.05, 0) is 45.1 Å². The van der Waals surface area contributed by atoms with Gasteiger partial charge in [0.1, 0.15) is 5.75 Å². The Balaban J connectivity index is 2.17. The van der Waals surface area contributed by atoms with Gasteiger partial charge in [0.15, 0.2) is 6.61 Å². The van der Waals surface area contributed by atoms with Gasteiger partial charge in [-0.1, -0.05) is 12.1 Å². The average Bonchev–Trinajstić information content (AvgIpc) is 2.32. The van der Waals surface area contributed by atoms with Crippen molar-refractivity contribution in [1.82, 2.24) is 4.90 Å². The van der Waals surface area contributed by atoms with Crippen molar-refractivity contribution >= 4 is 5.97 Å². The fraction of sp³-hybridized carbons (Fsp3) is 0.500. The summed E-state index contributed by atoms with van der Waals surface area (Å²) in [5, 5.41) is 0. The van der Waals surface area contributed by atoms with Gasteiger partial charge in [-0.15, -0.1) is 0 Å². The Morgan fingerprint density at radius 1 is 1.33 bits per heavy atom. The summed E-state index contributed by atoms with van der Waals surface area (Å²) in [4.78, 5) is 13.4. The standard InChI is InChI=1S/C14H21NO3/c1-12-6-4-7-13(10-12)18-11-14(16)17-9-5-8-15(2)3/h4,6-7,10H,5,8-9,11H2,1-3H3. The van der Waals surface area contributed by atoms with Crippen LogP contribution in [0.2, 0.25) is 0 Å². The maximum atomic E-state index is 11.4. The van der Waals surface area contributed by atoms with Gasteiger partial charge >= 0.3 is 5.97 Å². The Morgan fingerprint density at radius 3 is 2.78 bits per heavy atom. The highest BCUT2D eigenvalue weighted by molar-refractivity contribution is 5.71. The molecule has 18 heavy (non-hydrogen) atoms. The number of benzene rings is 1. The van der Waals surface area contributed by atoms with Crippen LogP contribution in [0, 0.1) is 6.92 Å². The first kappa shape index (κ1) is 14.5. The molecular weight excluding hydrogens is 230 g/mol. The third kappa shape index (κ3) is 6.25. The highest BCUT2D eigenvalue weighted by atomic mass is 16.6. The number of hydrogen-bond donors (Lipinski definition) is 0. The van der Waals surface area contributed by atoms with E-state index in [1.54, 1.807) is 0 Å². The van der Waals surface area contributed by atoms with Gasteiger partial charge in [-0.3, -0.25) is 0 Å². The number of esters is 1. The van der Waals surface area contributed by atoms with Crippen LogP contribution in [0.4, 0.5) is 0 Å². The number of rotatable bonds is 7. The predicted molar refractivity (Wildman–Crippen MR) is 70.8 cm³/mol. The maximum Gasteiger partial charge on any atom is 0.344 e. The Bertz CT molecular complexity index is 377. The second-order valence-corrected chi connectivity index (χ2v) is 4.48. The Labute approximate surface area is 108 Å². The van der Waals surface area contributed by atoms with Gasteiger partial charge < -0.3 is 14.4 Å². The normalized spacial score (nSPS) is 10.4. The van der Waals surface area contributed by atoms with Crippen molar-refractivity contribution in [2.24, 2.45) is 0 Å². The molecule has 0 aliphatic rings. The largest absolute Gasteiger partial charge is 0.482 e. The number of carbonyl (C=O) groups is 1. The molecule has 0 unspecified atom stereocenters. The third-order valence-electron chi connectivity index (χ3n) is 2.36. The molecule has 0 amide bonds. The van der Waals surface area contributed by atoms with E-state index < -0.39 is 0 Å². The Kier molecular flexibility index (Phi) is 6.22. The zero-order valence-corrected chi connectivity index (χ0v) is 11.3. The van der Waals surface area contributed by atoms with Gasteiger partial charge in [0.25, 0.3) is 0 Å². The number of nitrogens with zero attached hydrogens (tertiary/aromatic N) is 1. The smallest absolute Gasteiger partial charge is 0.344 e. The average molecular weight is 251 g/mol. The van der Waals surface area contributed by atoms with E-state index in [1.807, 2.05) is 45.3 Å². The van der Waals surface area contributed by atoms with Gasteiger partial charge in [0, 0.05) is 6.54 Å². The van der Waals surface area contributed by atoms with Crippen LogP contribution in [0.1, 0.15) is 12.0 Å². The van der Waals surface area contributed by atoms with E-state index in [1.165, 1.54) is 0 Å². The van der Waals surface area contributed by atoms with Crippen molar-refractivity contribution in [3.63, 3.8) is 0 Å². The summed E-state index contributed by atoms with van der Waals surface area (Å²) < 4.78 is 10.4. The zero-order valence-electron chi connectivity index (χ0n) is 11.3. The van der Waals surface area contributed by atoms with E-state index in [-0.39, 0.29) is 12.6 Å². The summed E-state index contributed by atoms with van der Waals surface area (Å²) in [6, 6.07) is 7.59. The summed E-state index contributed by atoms with van der Waals surface area (Å²) in [5.41, 5.74) is 1.10. The van der Waals surface area contributed by atoms with Crippen molar-refractivity contribution < 1.29 is 14.3 Å². The first-order valence-electron chi connectivity index (χ1n) is 6.08. The number of ether oxygens (including phenoxy) is 2. The van der Waals surface area contributed by atoms with E-state index in [9.17, 15) is 4.79 Å². The predicted octanol–water partition coefficient (Wildman–Crippen LogP) is 1.87. The van der Waals surface area contributed by atoms with Gasteiger partial charge in [0.2, 0.25) is 0 Å². The lowest BCUT2D eigenvalue weighted by Crippen LogP contribution is -2.19. The molecule has 1 rings (SSSR count). The highest BCUT2D eigenvalue weighted by Gasteiger charge is 2.04. The molecule has 4 heteroatoms. The SMILES string of the molecule is Cc1cccc(OCC(=O)OCCCN(C)C)c1. The minimum absolute atomic E-state index is 0.0363. The second kappa shape index (κ2) is 7.71. The van der Waals surface area contributed by atoms with Crippen LogP contribution < -0.4 is 4.74 Å². The second-order valence-electron chi connectivity index (χ2n) is 4.48. The van der Waals surface area contributed by atoms with Crippen molar-refractivity contribution in [3.8, 4) is 5.75 Å². The molecule has 0 radical (unpaired) electrons. The van der Waals surface area contributed by atoms with Crippen LogP contribution in [-0.2, 0) is 9.53 Å². The lowest BCUT2D eigenvalue weighted by Gasteiger charge is -2.10. The van der Waals surface area contributed by atoms with Gasteiger partial charge in [0.05, 0.1) is 6.61 Å². The Hall–Kier alpha value is -1.55. The minimum Gasteiger partial charge on any atom is -0.482 e. The lowest BCUT2D eigenvalue weighted by molar-refractivity contribution is -0.146. The summed E-state index contributed by atoms with van der Waals surface area (Å²) >= 11 is 0. The van der Waals surface area contributed by atoms with Crippen LogP contribution in [0.15, 0.2) is 24.3 Å². The first-order valence-corrected chi connectivity index (χ1v) is 6.08. The summed E-state index contributed by atoms with van der Waals surface area (Å²) in [7, 11) is 3.98. The molecule has 0 heterocycles. The molecule has 0 saturated carbocycles. The van der Waals surface area contributed by atoms with E-state index in [2.05, 4.69) is 4.90 Å². The number of aryl methyl sites for hydroxylation is 1. The van der Waals surface area contributed by atoms with Crippen molar-refractivity contribution in [1.29, 1.82) is 0 Å². The summed E-state index contributed by atoms with van der Waals surface area (Å²) in [6.45, 7) is 3.29. The molecule has 0 bridgehead atoms. The summed E-state index contributed by atoms with van der Waals surface area (Å²) in [5.74, 6) is 0.371. The summed E-state index contributed by atoms with van der Waals surface area (Å²) in [6.07, 6.45) is 0.836. The van der Waals surface area contributed by atoms with Gasteiger partial charge in [-0.25, -0.2) is 4.79 Å². The molecule has 1 aromatic carbocycles. The van der Waals surface area contributed by atoms with Crippen LogP contribution in [-0.4, -0.2) is 44.7 Å². The zero-order chi connectivity index (χ0) is 13.4. The molecule has 100 valence electrons. The minimum atomic E-state index is -0.324. The van der Waals surface area contributed by atoms with Crippen molar-refractivity contribution in [2.75, 3.05) is 33.9 Å². The fourth-order valence-corrected chi connectivity index (χ4v) is 1.46. The molecule has 4 nitrogen and oxygen atoms in total. The molecular formula is C14H21NO3. The monoisotopic (exact) mass is 251 g/mol. The molecule has 0 atom stereocenters. The Morgan fingerprint density at radius 2 is 2.11 bits per heavy atom. The third-order valence-corrected chi connectivity index (χ3v) is 2.36. The van der Waals surface area contributed by atoms with E-state index in [0.29, 0.717) is 12.4 Å². The molecule has 0 aliphatic carbocycles. The molecule has 0 fully saturated rings. The van der Waals surface area contributed by atoms with Crippen LogP contribution in [0.5, 0.6) is 5.75 Å². The topological polar surface area (TPSA) is 38.8 Å². The number of carbonyl (C=O) groups excluding carboxylic acids is 1.